The molecule has 250 valence electrons. The summed E-state index contributed by atoms with van der Waals surface area (Å²) in [6, 6.07) is 17.9. The molecule has 4 aromatic rings. The van der Waals surface area contributed by atoms with Crippen molar-refractivity contribution in [3.8, 4) is 0 Å². The van der Waals surface area contributed by atoms with Crippen LogP contribution in [0.4, 0.5) is 16.3 Å². The number of hydrogen-bond donors (Lipinski definition) is 3. The number of benzene rings is 2. The lowest BCUT2D eigenvalue weighted by Crippen LogP contribution is -2.33. The van der Waals surface area contributed by atoms with E-state index >= 15 is 0 Å². The normalized spacial score (nSPS) is 10.7. The lowest BCUT2D eigenvalue weighted by molar-refractivity contribution is -0.136. The maximum Gasteiger partial charge on any atom is 0.427 e. The molecule has 0 saturated heterocycles. The van der Waals surface area contributed by atoms with Crippen molar-refractivity contribution in [2.75, 3.05) is 23.4 Å². The number of imidazole rings is 1. The first-order chi connectivity index (χ1) is 22.8. The van der Waals surface area contributed by atoms with Gasteiger partial charge in [0.25, 0.3) is 5.91 Å². The van der Waals surface area contributed by atoms with Gasteiger partial charge < -0.3 is 19.7 Å². The minimum Gasteiger partial charge on any atom is -0.481 e. The first kappa shape index (κ1) is 36.2. The minimum atomic E-state index is -0.999. The first-order valence-corrected chi connectivity index (χ1v) is 16.0. The molecule has 47 heavy (non-hydrogen) atoms. The van der Waals surface area contributed by atoms with Crippen LogP contribution in [0, 0.1) is 0 Å². The van der Waals surface area contributed by atoms with Crippen molar-refractivity contribution < 1.29 is 24.2 Å². The van der Waals surface area contributed by atoms with Gasteiger partial charge in [-0.05, 0) is 54.4 Å². The van der Waals surface area contributed by atoms with Gasteiger partial charge in [-0.1, -0.05) is 64.7 Å². The molecule has 0 bridgehead atoms. The zero-order valence-corrected chi connectivity index (χ0v) is 27.6. The van der Waals surface area contributed by atoms with E-state index in [9.17, 15) is 19.5 Å². The summed E-state index contributed by atoms with van der Waals surface area (Å²) in [5.74, 6) is -0.203. The van der Waals surface area contributed by atoms with Crippen LogP contribution in [0.15, 0.2) is 72.0 Å². The van der Waals surface area contributed by atoms with Crippen LogP contribution < -0.4 is 15.6 Å². The number of ether oxygens (including phenoxy) is 1. The molecule has 0 atom stereocenters. The summed E-state index contributed by atoms with van der Waals surface area (Å²) in [6.07, 6.45) is 7.71. The molecule has 0 fully saturated rings. The predicted octanol–water partition coefficient (Wildman–Crippen LogP) is 6.76. The number of carbonyl (C=O) groups is 3. The van der Waals surface area contributed by atoms with Crippen molar-refractivity contribution in [3.63, 3.8) is 0 Å². The van der Waals surface area contributed by atoms with Gasteiger partial charge in [-0.25, -0.2) is 20.2 Å². The van der Waals surface area contributed by atoms with E-state index in [4.69, 9.17) is 9.72 Å². The maximum absolute atomic E-state index is 13.4. The van der Waals surface area contributed by atoms with Crippen molar-refractivity contribution in [2.45, 2.75) is 65.8 Å². The summed E-state index contributed by atoms with van der Waals surface area (Å²) < 4.78 is 7.04. The van der Waals surface area contributed by atoms with Crippen LogP contribution in [0.25, 0.3) is 11.0 Å². The van der Waals surface area contributed by atoms with Crippen molar-refractivity contribution in [1.29, 1.82) is 0 Å². The second kappa shape index (κ2) is 19.3. The summed E-state index contributed by atoms with van der Waals surface area (Å²) in [5.41, 5.74) is 5.93. The summed E-state index contributed by atoms with van der Waals surface area (Å²) >= 11 is 0. The Morgan fingerprint density at radius 1 is 1.02 bits per heavy atom. The smallest absolute Gasteiger partial charge is 0.427 e. The Labute approximate surface area is 275 Å². The Hall–Kier alpha value is -5.26. The first-order valence-electron chi connectivity index (χ1n) is 16.0. The van der Waals surface area contributed by atoms with E-state index < -0.39 is 12.1 Å². The number of amides is 2. The van der Waals surface area contributed by atoms with Crippen LogP contribution in [0.1, 0.15) is 81.0 Å². The number of nitrogens with zero attached hydrogens (tertiary/aromatic N) is 5. The molecule has 0 unspecified atom stereocenters. The van der Waals surface area contributed by atoms with Gasteiger partial charge in [0, 0.05) is 31.0 Å². The van der Waals surface area contributed by atoms with Crippen LogP contribution in [0.5, 0.6) is 0 Å². The standard InChI is InChI=1S/C32H37N7O5.C3H8/c1-3-4-5-8-19-44-32(43)37-35-21-23-10-13-25(14-11-23)34-22-29-36-26-20-24(12-15-27(26)38(29)2)31(42)39(18-16-30(40)41)28-9-6-7-17-33-28;1-3-2/h6-7,9-15,17,20-21,34H,3-5,8,16,18-19,22H2,1-2H3,(H,37,43)(H,40,41);3H2,1-2H3. The third-order valence-corrected chi connectivity index (χ3v) is 6.90. The van der Waals surface area contributed by atoms with Gasteiger partial charge in [-0.3, -0.25) is 14.5 Å². The van der Waals surface area contributed by atoms with Crippen molar-refractivity contribution in [2.24, 2.45) is 12.1 Å². The van der Waals surface area contributed by atoms with Crippen LogP contribution in [0.2, 0.25) is 0 Å². The van der Waals surface area contributed by atoms with E-state index in [1.165, 1.54) is 11.3 Å². The number of rotatable bonds is 15. The zero-order chi connectivity index (χ0) is 34.0. The Morgan fingerprint density at radius 2 is 1.79 bits per heavy atom. The van der Waals surface area contributed by atoms with Gasteiger partial charge in [-0.2, -0.15) is 5.10 Å². The molecule has 2 amide bonds. The monoisotopic (exact) mass is 643 g/mol. The fourth-order valence-corrected chi connectivity index (χ4v) is 4.49. The number of carboxylic acid groups (broad SMARTS) is 1. The fraction of sp³-hybridized carbons (Fsp3) is 0.371. The number of fused-ring (bicyclic) bond motifs is 1. The molecule has 0 spiro atoms. The zero-order valence-electron chi connectivity index (χ0n) is 27.6. The van der Waals surface area contributed by atoms with Gasteiger partial charge in [0.15, 0.2) is 0 Å². The average Bonchev–Trinajstić information content (AvgIpc) is 3.39. The molecule has 0 radical (unpaired) electrons. The Balaban J connectivity index is 0.00000192. The highest BCUT2D eigenvalue weighted by Crippen LogP contribution is 2.21. The number of hydrogen-bond acceptors (Lipinski definition) is 8. The number of aromatic nitrogens is 3. The predicted molar refractivity (Wildman–Crippen MR) is 185 cm³/mol. The summed E-state index contributed by atoms with van der Waals surface area (Å²) in [7, 11) is 1.91. The van der Waals surface area contributed by atoms with Crippen LogP contribution in [0.3, 0.4) is 0 Å². The molecule has 2 aromatic heterocycles. The summed E-state index contributed by atoms with van der Waals surface area (Å²) in [5, 5.41) is 16.5. The summed E-state index contributed by atoms with van der Waals surface area (Å²) in [6.45, 7) is 7.19. The number of carbonyl (C=O) groups excluding carboxylic acids is 2. The molecule has 4 rings (SSSR count). The maximum atomic E-state index is 13.4. The van der Waals surface area contributed by atoms with Gasteiger partial charge in [0.05, 0.1) is 36.8 Å². The Morgan fingerprint density at radius 3 is 2.47 bits per heavy atom. The molecule has 0 aliphatic carbocycles. The molecule has 2 heterocycles. The van der Waals surface area contributed by atoms with E-state index in [0.29, 0.717) is 30.0 Å². The van der Waals surface area contributed by atoms with Crippen molar-refractivity contribution >= 4 is 46.7 Å². The Kier molecular flexibility index (Phi) is 14.9. The average molecular weight is 644 g/mol. The number of anilines is 2. The number of pyridine rings is 1. The second-order valence-electron chi connectivity index (χ2n) is 10.8. The number of aryl methyl sites for hydroxylation is 1. The molecule has 3 N–H and O–H groups in total. The SMILES string of the molecule is CCC.CCCCCCOC(=O)NN=Cc1ccc(NCc2nc3cc(C(=O)N(CCC(=O)O)c4ccccn4)ccc3n2C)cc1. The quantitative estimate of drug-likeness (QED) is 0.0730. The highest BCUT2D eigenvalue weighted by atomic mass is 16.5. The Bertz CT molecular complexity index is 1600. The third-order valence-electron chi connectivity index (χ3n) is 6.90. The molecule has 0 aliphatic rings. The minimum absolute atomic E-state index is 0.00645. The van der Waals surface area contributed by atoms with Gasteiger partial charge in [-0.15, -0.1) is 0 Å². The molecule has 12 nitrogen and oxygen atoms in total. The summed E-state index contributed by atoms with van der Waals surface area (Å²) in [4.78, 5) is 46.7. The van der Waals surface area contributed by atoms with Gasteiger partial charge in [0.1, 0.15) is 11.6 Å². The van der Waals surface area contributed by atoms with E-state index in [0.717, 1.165) is 48.3 Å². The molecule has 2 aromatic carbocycles. The largest absolute Gasteiger partial charge is 0.481 e. The number of aliphatic carboxylic acids is 1. The number of nitrogens with one attached hydrogen (secondary N) is 2. The van der Waals surface area contributed by atoms with E-state index in [1.807, 2.05) is 41.9 Å². The highest BCUT2D eigenvalue weighted by molar-refractivity contribution is 6.07. The topological polar surface area (TPSA) is 151 Å². The van der Waals surface area contributed by atoms with Gasteiger partial charge in [0.2, 0.25) is 0 Å². The second-order valence-corrected chi connectivity index (χ2v) is 10.8. The molecule has 12 heteroatoms. The lowest BCUT2D eigenvalue weighted by atomic mass is 10.1. The van der Waals surface area contributed by atoms with Crippen molar-refractivity contribution in [1.82, 2.24) is 20.0 Å². The molecular formula is C35H45N7O5. The fourth-order valence-electron chi connectivity index (χ4n) is 4.49. The molecule has 0 aliphatic heterocycles. The molecular weight excluding hydrogens is 598 g/mol. The lowest BCUT2D eigenvalue weighted by Gasteiger charge is -2.21. The number of carboxylic acids is 1. The van der Waals surface area contributed by atoms with E-state index in [2.05, 4.69) is 41.6 Å². The highest BCUT2D eigenvalue weighted by Gasteiger charge is 2.21. The molecule has 0 saturated carbocycles. The van der Waals surface area contributed by atoms with Gasteiger partial charge >= 0.3 is 12.1 Å². The van der Waals surface area contributed by atoms with Crippen LogP contribution in [-0.4, -0.2) is 57.0 Å². The third kappa shape index (κ3) is 11.6. The van der Waals surface area contributed by atoms with E-state index in [-0.39, 0.29) is 18.9 Å². The number of hydrazone groups is 1. The van der Waals surface area contributed by atoms with Crippen LogP contribution in [-0.2, 0) is 23.1 Å². The number of unbranched alkanes of at least 4 members (excludes halogenated alkanes) is 3. The van der Waals surface area contributed by atoms with Crippen molar-refractivity contribution in [3.05, 3.63) is 83.8 Å². The van der Waals surface area contributed by atoms with Crippen LogP contribution >= 0.6 is 0 Å². The van der Waals surface area contributed by atoms with E-state index in [1.54, 1.807) is 42.7 Å².